The number of aryl methyl sites for hydroxylation is 2. The van der Waals surface area contributed by atoms with E-state index in [0.29, 0.717) is 21.8 Å². The smallest absolute Gasteiger partial charge is 0.350 e. The van der Waals surface area contributed by atoms with Crippen molar-refractivity contribution < 1.29 is 14.3 Å². The fourth-order valence-electron chi connectivity index (χ4n) is 2.45. The number of nitrogens with zero attached hydrogens (tertiary/aromatic N) is 1. The Hall–Kier alpha value is -2.73. The lowest BCUT2D eigenvalue weighted by Gasteiger charge is -2.09. The summed E-state index contributed by atoms with van der Waals surface area (Å²) in [4.78, 5) is 29.2. The van der Waals surface area contributed by atoms with Crippen LogP contribution in [0.4, 0.5) is 5.69 Å². The van der Waals surface area contributed by atoms with Gasteiger partial charge in [-0.3, -0.25) is 9.78 Å². The molecule has 6 heteroatoms. The number of esters is 1. The number of carbonyl (C=O) groups is 2. The van der Waals surface area contributed by atoms with E-state index in [1.807, 2.05) is 31.2 Å². The Balaban J connectivity index is 1.94. The van der Waals surface area contributed by atoms with Gasteiger partial charge in [0.1, 0.15) is 4.88 Å². The Kier molecular flexibility index (Phi) is 4.31. The molecule has 0 bridgehead atoms. The molecule has 2 heterocycles. The van der Waals surface area contributed by atoms with Gasteiger partial charge < -0.3 is 10.1 Å². The number of anilines is 1. The molecular formula is C18H16N2O3S. The molecule has 0 unspecified atom stereocenters. The lowest BCUT2D eigenvalue weighted by atomic mass is 10.1. The van der Waals surface area contributed by atoms with Gasteiger partial charge in [0.25, 0.3) is 5.91 Å². The molecule has 2 aromatic heterocycles. The van der Waals surface area contributed by atoms with E-state index < -0.39 is 5.97 Å². The molecule has 0 fully saturated rings. The van der Waals surface area contributed by atoms with Gasteiger partial charge in [0, 0.05) is 5.39 Å². The number of carbonyl (C=O) groups excluding carboxylic acids is 2. The second kappa shape index (κ2) is 6.41. The van der Waals surface area contributed by atoms with Crippen molar-refractivity contribution in [3.63, 3.8) is 0 Å². The maximum Gasteiger partial charge on any atom is 0.350 e. The number of methoxy groups -OCH3 is 1. The second-order valence-corrected chi connectivity index (χ2v) is 6.34. The average Bonchev–Trinajstić information content (AvgIpc) is 3.01. The van der Waals surface area contributed by atoms with Crippen molar-refractivity contribution in [2.75, 3.05) is 12.4 Å². The molecular weight excluding hydrogens is 324 g/mol. The van der Waals surface area contributed by atoms with Crippen LogP contribution < -0.4 is 5.32 Å². The van der Waals surface area contributed by atoms with Crippen LogP contribution in [0.1, 0.15) is 31.3 Å². The van der Waals surface area contributed by atoms with Crippen molar-refractivity contribution >= 4 is 39.8 Å². The van der Waals surface area contributed by atoms with Crippen LogP contribution in [-0.4, -0.2) is 24.0 Å². The highest BCUT2D eigenvalue weighted by Crippen LogP contribution is 2.25. The average molecular weight is 340 g/mol. The fourth-order valence-corrected chi connectivity index (χ4v) is 3.22. The molecule has 3 rings (SSSR count). The van der Waals surface area contributed by atoms with Crippen LogP contribution in [0.15, 0.2) is 35.7 Å². The SMILES string of the molecule is COC(=O)c1sccc1NC(=O)c1cc2ccc(C)cc2nc1C. The zero-order valence-electron chi connectivity index (χ0n) is 13.5. The number of nitrogens with one attached hydrogen (secondary N) is 1. The molecule has 1 amide bonds. The van der Waals surface area contributed by atoms with Crippen LogP contribution in [-0.2, 0) is 4.74 Å². The van der Waals surface area contributed by atoms with E-state index in [2.05, 4.69) is 10.3 Å². The molecule has 3 aromatic rings. The molecule has 0 atom stereocenters. The third-order valence-electron chi connectivity index (χ3n) is 3.69. The first-order valence-corrected chi connectivity index (χ1v) is 8.22. The fraction of sp³-hybridized carbons (Fsp3) is 0.167. The van der Waals surface area contributed by atoms with Crippen LogP contribution >= 0.6 is 11.3 Å². The predicted octanol–water partition coefficient (Wildman–Crippen LogP) is 3.95. The van der Waals surface area contributed by atoms with Crippen LogP contribution in [0.2, 0.25) is 0 Å². The van der Waals surface area contributed by atoms with Gasteiger partial charge in [-0.1, -0.05) is 12.1 Å². The highest BCUT2D eigenvalue weighted by atomic mass is 32.1. The highest BCUT2D eigenvalue weighted by molar-refractivity contribution is 7.12. The maximum atomic E-state index is 12.6. The standard InChI is InChI=1S/C18H16N2O3S/c1-10-4-5-12-9-13(11(2)19-15(12)8-10)17(21)20-14-6-7-24-16(14)18(22)23-3/h4-9H,1-3H3,(H,20,21). The van der Waals surface area contributed by atoms with Crippen LogP contribution in [0.3, 0.4) is 0 Å². The summed E-state index contributed by atoms with van der Waals surface area (Å²) in [6.45, 7) is 3.80. The van der Waals surface area contributed by atoms with Gasteiger partial charge in [-0.25, -0.2) is 4.79 Å². The van der Waals surface area contributed by atoms with Crippen molar-refractivity contribution in [3.05, 3.63) is 57.4 Å². The summed E-state index contributed by atoms with van der Waals surface area (Å²) in [7, 11) is 1.31. The first kappa shape index (κ1) is 16.1. The number of amides is 1. The molecule has 1 N–H and O–H groups in total. The quantitative estimate of drug-likeness (QED) is 0.733. The minimum absolute atomic E-state index is 0.300. The molecule has 0 aliphatic carbocycles. The minimum Gasteiger partial charge on any atom is -0.465 e. The number of ether oxygens (including phenoxy) is 1. The first-order chi connectivity index (χ1) is 11.5. The highest BCUT2D eigenvalue weighted by Gasteiger charge is 2.18. The zero-order chi connectivity index (χ0) is 17.3. The molecule has 0 spiro atoms. The Bertz CT molecular complexity index is 947. The molecule has 0 saturated carbocycles. The monoisotopic (exact) mass is 340 g/mol. The number of thiophene rings is 1. The summed E-state index contributed by atoms with van der Waals surface area (Å²) in [6.07, 6.45) is 0. The largest absolute Gasteiger partial charge is 0.465 e. The van der Waals surface area contributed by atoms with Crippen molar-refractivity contribution in [2.45, 2.75) is 13.8 Å². The Morgan fingerprint density at radius 1 is 1.17 bits per heavy atom. The number of rotatable bonds is 3. The van der Waals surface area contributed by atoms with E-state index in [1.54, 1.807) is 18.4 Å². The maximum absolute atomic E-state index is 12.6. The van der Waals surface area contributed by atoms with E-state index >= 15 is 0 Å². The summed E-state index contributed by atoms with van der Waals surface area (Å²) in [6, 6.07) is 9.41. The van der Waals surface area contributed by atoms with Gasteiger partial charge in [-0.15, -0.1) is 11.3 Å². The second-order valence-electron chi connectivity index (χ2n) is 5.43. The summed E-state index contributed by atoms with van der Waals surface area (Å²) in [5, 5.41) is 5.40. The lowest BCUT2D eigenvalue weighted by Crippen LogP contribution is -2.15. The molecule has 24 heavy (non-hydrogen) atoms. The Labute approximate surface area is 143 Å². The van der Waals surface area contributed by atoms with Crippen LogP contribution in [0.25, 0.3) is 10.9 Å². The summed E-state index contributed by atoms with van der Waals surface area (Å²) in [5.41, 5.74) is 3.54. The van der Waals surface area contributed by atoms with Gasteiger partial charge in [0.05, 0.1) is 29.6 Å². The van der Waals surface area contributed by atoms with Crippen molar-refractivity contribution in [3.8, 4) is 0 Å². The lowest BCUT2D eigenvalue weighted by molar-refractivity contribution is 0.0607. The predicted molar refractivity (Wildman–Crippen MR) is 94.8 cm³/mol. The van der Waals surface area contributed by atoms with Gasteiger partial charge >= 0.3 is 5.97 Å². The van der Waals surface area contributed by atoms with E-state index in [-0.39, 0.29) is 5.91 Å². The molecule has 0 aliphatic rings. The molecule has 0 saturated heterocycles. The zero-order valence-corrected chi connectivity index (χ0v) is 14.4. The number of fused-ring (bicyclic) bond motifs is 1. The third kappa shape index (κ3) is 3.00. The molecule has 0 aliphatic heterocycles. The minimum atomic E-state index is -0.468. The van der Waals surface area contributed by atoms with Gasteiger partial charge in [-0.2, -0.15) is 0 Å². The number of pyridine rings is 1. The third-order valence-corrected chi connectivity index (χ3v) is 4.59. The van der Waals surface area contributed by atoms with Crippen LogP contribution in [0, 0.1) is 13.8 Å². The molecule has 0 radical (unpaired) electrons. The normalized spacial score (nSPS) is 10.6. The Morgan fingerprint density at radius 2 is 1.96 bits per heavy atom. The van der Waals surface area contributed by atoms with Crippen molar-refractivity contribution in [2.24, 2.45) is 0 Å². The van der Waals surface area contributed by atoms with Gasteiger partial charge in [0.15, 0.2) is 0 Å². The molecule has 122 valence electrons. The molecule has 5 nitrogen and oxygen atoms in total. The number of hydrogen-bond acceptors (Lipinski definition) is 5. The molecule has 1 aromatic carbocycles. The number of aromatic nitrogens is 1. The topological polar surface area (TPSA) is 68.3 Å². The van der Waals surface area contributed by atoms with Crippen LogP contribution in [0.5, 0.6) is 0 Å². The van der Waals surface area contributed by atoms with Gasteiger partial charge in [-0.05, 0) is 43.0 Å². The Morgan fingerprint density at radius 3 is 2.71 bits per heavy atom. The van der Waals surface area contributed by atoms with Gasteiger partial charge in [0.2, 0.25) is 0 Å². The number of benzene rings is 1. The van der Waals surface area contributed by atoms with Crippen molar-refractivity contribution in [1.82, 2.24) is 4.98 Å². The number of hydrogen-bond donors (Lipinski definition) is 1. The van der Waals surface area contributed by atoms with E-state index in [4.69, 9.17) is 4.74 Å². The summed E-state index contributed by atoms with van der Waals surface area (Å²) in [5.74, 6) is -0.768. The van der Waals surface area contributed by atoms with E-state index in [1.165, 1.54) is 18.4 Å². The van der Waals surface area contributed by atoms with E-state index in [0.717, 1.165) is 16.5 Å². The van der Waals surface area contributed by atoms with Crippen molar-refractivity contribution in [1.29, 1.82) is 0 Å². The first-order valence-electron chi connectivity index (χ1n) is 7.35. The summed E-state index contributed by atoms with van der Waals surface area (Å²) < 4.78 is 4.72. The van der Waals surface area contributed by atoms with E-state index in [9.17, 15) is 9.59 Å². The summed E-state index contributed by atoms with van der Waals surface area (Å²) >= 11 is 1.22.